The van der Waals surface area contributed by atoms with Crippen LogP contribution in [0.25, 0.3) is 11.0 Å². The molecule has 0 fully saturated rings. The first-order chi connectivity index (χ1) is 11.7. The summed E-state index contributed by atoms with van der Waals surface area (Å²) in [4.78, 5) is 13.5. The quantitative estimate of drug-likeness (QED) is 0.694. The van der Waals surface area contributed by atoms with Crippen molar-refractivity contribution in [1.82, 2.24) is 0 Å². The number of para-hydroxylation sites is 1. The average molecular weight is 337 g/mol. The number of anilines is 1. The second-order valence-corrected chi connectivity index (χ2v) is 7.00. The maximum absolute atomic E-state index is 12.5. The topological polar surface area (TPSA) is 42.2 Å². The lowest BCUT2D eigenvalue weighted by Crippen LogP contribution is -2.14. The van der Waals surface area contributed by atoms with Crippen molar-refractivity contribution in [3.8, 4) is 0 Å². The van der Waals surface area contributed by atoms with Gasteiger partial charge in [-0.3, -0.25) is 4.79 Å². The summed E-state index contributed by atoms with van der Waals surface area (Å²) in [6.45, 7) is 0. The third kappa shape index (κ3) is 2.82. The average Bonchev–Trinajstić information content (AvgIpc) is 3.20. The highest BCUT2D eigenvalue weighted by atomic mass is 32.2. The van der Waals surface area contributed by atoms with Gasteiger partial charge in [-0.05, 0) is 60.9 Å². The van der Waals surface area contributed by atoms with E-state index in [0.29, 0.717) is 6.42 Å². The maximum Gasteiger partial charge on any atom is 0.228 e. The number of carbonyl (C=O) groups is 1. The Morgan fingerprint density at radius 3 is 2.83 bits per heavy atom. The Morgan fingerprint density at radius 1 is 1.21 bits per heavy atom. The van der Waals surface area contributed by atoms with E-state index in [9.17, 15) is 4.79 Å². The number of amides is 1. The van der Waals surface area contributed by atoms with E-state index in [1.165, 1.54) is 17.5 Å². The van der Waals surface area contributed by atoms with Crippen LogP contribution in [0.4, 0.5) is 5.69 Å². The molecule has 3 nitrogen and oxygen atoms in total. The van der Waals surface area contributed by atoms with Crippen molar-refractivity contribution < 1.29 is 9.21 Å². The lowest BCUT2D eigenvalue weighted by atomic mass is 10.0. The van der Waals surface area contributed by atoms with Gasteiger partial charge in [0.1, 0.15) is 5.58 Å². The van der Waals surface area contributed by atoms with E-state index in [1.807, 2.05) is 30.5 Å². The van der Waals surface area contributed by atoms with E-state index >= 15 is 0 Å². The second-order valence-electron chi connectivity index (χ2n) is 6.16. The number of carbonyl (C=O) groups excluding carboxylic acids is 1. The van der Waals surface area contributed by atoms with Crippen LogP contribution in [0, 0.1) is 0 Å². The van der Waals surface area contributed by atoms with Gasteiger partial charge in [-0.15, -0.1) is 11.8 Å². The van der Waals surface area contributed by atoms with Crippen LogP contribution >= 0.6 is 11.8 Å². The Labute approximate surface area is 145 Å². The summed E-state index contributed by atoms with van der Waals surface area (Å²) in [6.07, 6.45) is 7.53. The molecule has 24 heavy (non-hydrogen) atoms. The molecule has 1 heterocycles. The fraction of sp³-hybridized carbons (Fsp3) is 0.250. The minimum atomic E-state index is -0.0142. The molecule has 122 valence electrons. The molecule has 0 saturated heterocycles. The molecule has 4 heteroatoms. The Kier molecular flexibility index (Phi) is 4.07. The molecule has 0 bridgehead atoms. The molecular formula is C20H19NO2S. The van der Waals surface area contributed by atoms with E-state index in [2.05, 4.69) is 17.4 Å². The molecular weight excluding hydrogens is 318 g/mol. The van der Waals surface area contributed by atoms with Gasteiger partial charge in [0.05, 0.1) is 18.4 Å². The van der Waals surface area contributed by atoms with Gasteiger partial charge in [0.2, 0.25) is 5.91 Å². The van der Waals surface area contributed by atoms with Crippen molar-refractivity contribution in [3.05, 3.63) is 59.4 Å². The molecule has 1 aliphatic rings. The smallest absolute Gasteiger partial charge is 0.228 e. The largest absolute Gasteiger partial charge is 0.464 e. The summed E-state index contributed by atoms with van der Waals surface area (Å²) in [7, 11) is 0. The molecule has 1 aromatic heterocycles. The van der Waals surface area contributed by atoms with E-state index in [1.54, 1.807) is 18.0 Å². The zero-order valence-corrected chi connectivity index (χ0v) is 14.4. The van der Waals surface area contributed by atoms with Gasteiger partial charge in [-0.25, -0.2) is 0 Å². The van der Waals surface area contributed by atoms with Crippen LogP contribution in [-0.2, 0) is 24.1 Å². The van der Waals surface area contributed by atoms with Crippen molar-refractivity contribution >= 4 is 34.3 Å². The van der Waals surface area contributed by atoms with Gasteiger partial charge in [-0.2, -0.15) is 0 Å². The molecule has 0 aliphatic heterocycles. The number of hydrogen-bond donors (Lipinski definition) is 1. The summed E-state index contributed by atoms with van der Waals surface area (Å²) < 4.78 is 5.69. The zero-order valence-electron chi connectivity index (χ0n) is 13.6. The number of nitrogens with one attached hydrogen (secondary N) is 1. The molecule has 2 aromatic carbocycles. The summed E-state index contributed by atoms with van der Waals surface area (Å²) in [5, 5.41) is 4.09. The Balaban J connectivity index is 1.57. The molecule has 0 unspecified atom stereocenters. The summed E-state index contributed by atoms with van der Waals surface area (Å²) in [6, 6.07) is 12.2. The molecule has 0 saturated carbocycles. The van der Waals surface area contributed by atoms with Crippen molar-refractivity contribution in [3.63, 3.8) is 0 Å². The van der Waals surface area contributed by atoms with Gasteiger partial charge < -0.3 is 9.73 Å². The molecule has 0 atom stereocenters. The van der Waals surface area contributed by atoms with E-state index < -0.39 is 0 Å². The highest BCUT2D eigenvalue weighted by Crippen LogP contribution is 2.31. The van der Waals surface area contributed by atoms with Crippen molar-refractivity contribution in [2.45, 2.75) is 30.6 Å². The number of aryl methyl sites for hydroxylation is 2. The van der Waals surface area contributed by atoms with Crippen molar-refractivity contribution in [1.29, 1.82) is 0 Å². The molecule has 1 amide bonds. The normalized spacial score (nSPS) is 13.2. The number of rotatable bonds is 4. The highest BCUT2D eigenvalue weighted by molar-refractivity contribution is 7.98. The minimum Gasteiger partial charge on any atom is -0.464 e. The molecule has 0 radical (unpaired) electrons. The van der Waals surface area contributed by atoms with Crippen LogP contribution in [0.5, 0.6) is 0 Å². The standard InChI is InChI=1S/C20H19NO2S/c1-24-19-8-3-2-7-17(19)21-20(22)11-15-12-23-18-10-14-6-4-5-13(14)9-16(15)18/h2-3,7-10,12H,4-6,11H2,1H3,(H,21,22). The molecule has 1 N–H and O–H groups in total. The fourth-order valence-electron chi connectivity index (χ4n) is 3.40. The lowest BCUT2D eigenvalue weighted by molar-refractivity contribution is -0.115. The van der Waals surface area contributed by atoms with Crippen molar-refractivity contribution in [2.24, 2.45) is 0 Å². The third-order valence-electron chi connectivity index (χ3n) is 4.60. The van der Waals surface area contributed by atoms with Crippen LogP contribution < -0.4 is 5.32 Å². The Bertz CT molecular complexity index is 913. The first kappa shape index (κ1) is 15.3. The monoisotopic (exact) mass is 337 g/mol. The third-order valence-corrected chi connectivity index (χ3v) is 5.40. The summed E-state index contributed by atoms with van der Waals surface area (Å²) in [5.74, 6) is -0.0142. The van der Waals surface area contributed by atoms with E-state index in [0.717, 1.165) is 40.0 Å². The first-order valence-corrected chi connectivity index (χ1v) is 9.42. The number of furan rings is 1. The lowest BCUT2D eigenvalue weighted by Gasteiger charge is -2.08. The summed E-state index contributed by atoms with van der Waals surface area (Å²) in [5.41, 5.74) is 5.51. The maximum atomic E-state index is 12.5. The van der Waals surface area contributed by atoms with E-state index in [4.69, 9.17) is 4.42 Å². The second kappa shape index (κ2) is 6.36. The zero-order chi connectivity index (χ0) is 16.5. The van der Waals surface area contributed by atoms with Crippen LogP contribution in [-0.4, -0.2) is 12.2 Å². The molecule has 3 aromatic rings. The Hall–Kier alpha value is -2.20. The van der Waals surface area contributed by atoms with Gasteiger partial charge in [-0.1, -0.05) is 12.1 Å². The van der Waals surface area contributed by atoms with Gasteiger partial charge >= 0.3 is 0 Å². The minimum absolute atomic E-state index is 0.0142. The predicted molar refractivity (Wildman–Crippen MR) is 98.8 cm³/mol. The van der Waals surface area contributed by atoms with Crippen LogP contribution in [0.2, 0.25) is 0 Å². The fourth-order valence-corrected chi connectivity index (χ4v) is 3.95. The molecule has 0 spiro atoms. The highest BCUT2D eigenvalue weighted by Gasteiger charge is 2.17. The molecule has 4 rings (SSSR count). The number of benzene rings is 2. The van der Waals surface area contributed by atoms with E-state index in [-0.39, 0.29) is 5.91 Å². The predicted octanol–water partition coefficient (Wildman–Crippen LogP) is 4.82. The van der Waals surface area contributed by atoms with Crippen LogP contribution in [0.3, 0.4) is 0 Å². The summed E-state index contributed by atoms with van der Waals surface area (Å²) >= 11 is 1.63. The van der Waals surface area contributed by atoms with Gasteiger partial charge in [0.25, 0.3) is 0 Å². The number of thioether (sulfide) groups is 1. The Morgan fingerprint density at radius 2 is 2.00 bits per heavy atom. The van der Waals surface area contributed by atoms with Crippen LogP contribution in [0.1, 0.15) is 23.1 Å². The number of fused-ring (bicyclic) bond motifs is 2. The van der Waals surface area contributed by atoms with Gasteiger partial charge in [0.15, 0.2) is 0 Å². The first-order valence-electron chi connectivity index (χ1n) is 8.19. The van der Waals surface area contributed by atoms with Crippen LogP contribution in [0.15, 0.2) is 52.0 Å². The van der Waals surface area contributed by atoms with Crippen molar-refractivity contribution in [2.75, 3.05) is 11.6 Å². The molecule has 1 aliphatic carbocycles. The SMILES string of the molecule is CSc1ccccc1NC(=O)Cc1coc2cc3c(cc12)CCC3. The van der Waals surface area contributed by atoms with Gasteiger partial charge in [0, 0.05) is 15.8 Å². The number of hydrogen-bond acceptors (Lipinski definition) is 3.